The lowest BCUT2D eigenvalue weighted by molar-refractivity contribution is -0.119. The second-order valence-electron chi connectivity index (χ2n) is 6.48. The molecule has 1 aromatic carbocycles. The normalized spacial score (nSPS) is 12.3. The Morgan fingerprint density at radius 1 is 1.25 bits per heavy atom. The van der Waals surface area contributed by atoms with Crippen LogP contribution in [0, 0.1) is 0 Å². The first-order chi connectivity index (χ1) is 13.6. The number of hydrogen-bond acceptors (Lipinski definition) is 6. The van der Waals surface area contributed by atoms with E-state index in [4.69, 9.17) is 9.15 Å². The Bertz CT molecular complexity index is 1020. The molecule has 0 fully saturated rings. The van der Waals surface area contributed by atoms with Crippen LogP contribution in [0.4, 0.5) is 5.13 Å². The molecule has 0 unspecified atom stereocenters. The van der Waals surface area contributed by atoms with Gasteiger partial charge in [-0.15, -0.1) is 11.3 Å². The molecule has 144 valence electrons. The van der Waals surface area contributed by atoms with Gasteiger partial charge in [-0.05, 0) is 29.3 Å². The quantitative estimate of drug-likeness (QED) is 0.666. The van der Waals surface area contributed by atoms with E-state index in [0.29, 0.717) is 35.5 Å². The van der Waals surface area contributed by atoms with Crippen LogP contribution in [0.5, 0.6) is 5.75 Å². The fourth-order valence-electron chi connectivity index (χ4n) is 2.97. The van der Waals surface area contributed by atoms with Crippen LogP contribution in [0.25, 0.3) is 11.5 Å². The SMILES string of the molecule is CC(=O)NCc1ccc(-c2csc(NC(=O)Cc3ccc4c(c3)CCO4)n2)o1. The lowest BCUT2D eigenvalue weighted by Crippen LogP contribution is -2.18. The van der Waals surface area contributed by atoms with Gasteiger partial charge in [0.2, 0.25) is 11.8 Å². The molecule has 8 heteroatoms. The number of furan rings is 1. The predicted octanol–water partition coefficient (Wildman–Crippen LogP) is 3.16. The van der Waals surface area contributed by atoms with Crippen LogP contribution in [0.2, 0.25) is 0 Å². The molecule has 0 aliphatic carbocycles. The number of benzene rings is 1. The third-order valence-corrected chi connectivity index (χ3v) is 5.05. The van der Waals surface area contributed by atoms with Crippen molar-refractivity contribution in [1.29, 1.82) is 0 Å². The minimum Gasteiger partial charge on any atom is -0.493 e. The van der Waals surface area contributed by atoms with Crippen molar-refractivity contribution in [3.05, 3.63) is 52.6 Å². The van der Waals surface area contributed by atoms with Crippen molar-refractivity contribution in [2.24, 2.45) is 0 Å². The van der Waals surface area contributed by atoms with E-state index in [-0.39, 0.29) is 18.2 Å². The Morgan fingerprint density at radius 2 is 2.14 bits per heavy atom. The lowest BCUT2D eigenvalue weighted by Gasteiger charge is -2.04. The number of thiazole rings is 1. The van der Waals surface area contributed by atoms with Gasteiger partial charge in [0.15, 0.2) is 10.9 Å². The summed E-state index contributed by atoms with van der Waals surface area (Å²) in [4.78, 5) is 27.7. The highest BCUT2D eigenvalue weighted by Gasteiger charge is 2.15. The molecule has 7 nitrogen and oxygen atoms in total. The van der Waals surface area contributed by atoms with E-state index in [1.165, 1.54) is 18.3 Å². The average Bonchev–Trinajstić information content (AvgIpc) is 3.39. The maximum atomic E-state index is 12.3. The summed E-state index contributed by atoms with van der Waals surface area (Å²) in [6, 6.07) is 9.44. The zero-order valence-electron chi connectivity index (χ0n) is 15.3. The van der Waals surface area contributed by atoms with Gasteiger partial charge in [-0.1, -0.05) is 12.1 Å². The molecule has 4 rings (SSSR count). The zero-order chi connectivity index (χ0) is 19.5. The molecule has 0 saturated heterocycles. The average molecular weight is 397 g/mol. The number of hydrogen-bond donors (Lipinski definition) is 2. The van der Waals surface area contributed by atoms with Crippen molar-refractivity contribution in [2.45, 2.75) is 26.3 Å². The Balaban J connectivity index is 1.36. The summed E-state index contributed by atoms with van der Waals surface area (Å²) in [6.45, 7) is 2.48. The fraction of sp³-hybridized carbons (Fsp3) is 0.250. The number of anilines is 1. The van der Waals surface area contributed by atoms with Gasteiger partial charge in [-0.25, -0.2) is 4.98 Å². The van der Waals surface area contributed by atoms with Gasteiger partial charge >= 0.3 is 0 Å². The van der Waals surface area contributed by atoms with Crippen molar-refractivity contribution in [2.75, 3.05) is 11.9 Å². The molecule has 28 heavy (non-hydrogen) atoms. The van der Waals surface area contributed by atoms with Gasteiger partial charge in [0.1, 0.15) is 17.2 Å². The Hall–Kier alpha value is -3.13. The van der Waals surface area contributed by atoms with Gasteiger partial charge in [0, 0.05) is 18.7 Å². The largest absolute Gasteiger partial charge is 0.493 e. The monoisotopic (exact) mass is 397 g/mol. The molecule has 0 saturated carbocycles. The van der Waals surface area contributed by atoms with Crippen LogP contribution in [0.1, 0.15) is 23.8 Å². The Labute approximate surface area is 165 Å². The Kier molecular flexibility index (Phi) is 5.12. The van der Waals surface area contributed by atoms with Crippen LogP contribution >= 0.6 is 11.3 Å². The molecular formula is C20H19N3O4S. The van der Waals surface area contributed by atoms with Gasteiger partial charge in [0.05, 0.1) is 19.6 Å². The van der Waals surface area contributed by atoms with Gasteiger partial charge in [0.25, 0.3) is 0 Å². The number of aromatic nitrogens is 1. The van der Waals surface area contributed by atoms with E-state index in [2.05, 4.69) is 15.6 Å². The number of ether oxygens (including phenoxy) is 1. The number of fused-ring (bicyclic) bond motifs is 1. The lowest BCUT2D eigenvalue weighted by atomic mass is 10.1. The first kappa shape index (κ1) is 18.2. The van der Waals surface area contributed by atoms with Crippen LogP contribution in [-0.4, -0.2) is 23.4 Å². The maximum Gasteiger partial charge on any atom is 0.230 e. The second kappa shape index (κ2) is 7.85. The summed E-state index contributed by atoms with van der Waals surface area (Å²) in [5.41, 5.74) is 2.74. The number of rotatable bonds is 6. The highest BCUT2D eigenvalue weighted by atomic mass is 32.1. The van der Waals surface area contributed by atoms with Gasteiger partial charge in [-0.2, -0.15) is 0 Å². The summed E-state index contributed by atoms with van der Waals surface area (Å²) >= 11 is 1.34. The molecular weight excluding hydrogens is 378 g/mol. The van der Waals surface area contributed by atoms with Crippen LogP contribution in [0.15, 0.2) is 40.1 Å². The van der Waals surface area contributed by atoms with Gasteiger partial charge in [-0.3, -0.25) is 9.59 Å². The molecule has 0 radical (unpaired) electrons. The molecule has 0 atom stereocenters. The van der Waals surface area contributed by atoms with Gasteiger partial charge < -0.3 is 19.8 Å². The van der Waals surface area contributed by atoms with Crippen molar-refractivity contribution in [3.63, 3.8) is 0 Å². The number of carbonyl (C=O) groups excluding carboxylic acids is 2. The molecule has 2 amide bonds. The summed E-state index contributed by atoms with van der Waals surface area (Å²) in [5.74, 6) is 1.91. The van der Waals surface area contributed by atoms with Crippen molar-refractivity contribution >= 4 is 28.3 Å². The third-order valence-electron chi connectivity index (χ3n) is 4.29. The summed E-state index contributed by atoms with van der Waals surface area (Å²) < 4.78 is 11.2. The topological polar surface area (TPSA) is 93.5 Å². The first-order valence-corrected chi connectivity index (χ1v) is 9.78. The molecule has 1 aliphatic heterocycles. The first-order valence-electron chi connectivity index (χ1n) is 8.90. The van der Waals surface area contributed by atoms with E-state index in [1.54, 1.807) is 12.1 Å². The molecule has 3 aromatic rings. The molecule has 3 heterocycles. The summed E-state index contributed by atoms with van der Waals surface area (Å²) in [7, 11) is 0. The Morgan fingerprint density at radius 3 is 3.00 bits per heavy atom. The van der Waals surface area contributed by atoms with E-state index < -0.39 is 0 Å². The molecule has 0 bridgehead atoms. The van der Waals surface area contributed by atoms with E-state index in [1.807, 2.05) is 23.6 Å². The van der Waals surface area contributed by atoms with Crippen LogP contribution in [0.3, 0.4) is 0 Å². The number of amides is 2. The smallest absolute Gasteiger partial charge is 0.230 e. The van der Waals surface area contributed by atoms with E-state index in [9.17, 15) is 9.59 Å². The summed E-state index contributed by atoms with van der Waals surface area (Å²) in [6.07, 6.45) is 1.16. The van der Waals surface area contributed by atoms with Crippen molar-refractivity contribution in [3.8, 4) is 17.2 Å². The number of nitrogens with one attached hydrogen (secondary N) is 2. The highest BCUT2D eigenvalue weighted by molar-refractivity contribution is 7.14. The number of carbonyl (C=O) groups is 2. The standard InChI is InChI=1S/C20H19N3O4S/c1-12(24)21-10-15-3-5-18(27-15)16-11-28-20(22-16)23-19(25)9-13-2-4-17-14(8-13)6-7-26-17/h2-5,8,11H,6-7,9-10H2,1H3,(H,21,24)(H,22,23,25). The van der Waals surface area contributed by atoms with Crippen LogP contribution in [-0.2, 0) is 29.0 Å². The van der Waals surface area contributed by atoms with Crippen molar-refractivity contribution in [1.82, 2.24) is 10.3 Å². The minimum absolute atomic E-state index is 0.118. The molecule has 1 aliphatic rings. The molecule has 2 aromatic heterocycles. The number of nitrogens with zero attached hydrogens (tertiary/aromatic N) is 1. The third kappa shape index (κ3) is 4.23. The molecule has 2 N–H and O–H groups in total. The summed E-state index contributed by atoms with van der Waals surface area (Å²) in [5, 5.41) is 7.86. The second-order valence-corrected chi connectivity index (χ2v) is 7.34. The van der Waals surface area contributed by atoms with Crippen molar-refractivity contribution < 1.29 is 18.7 Å². The van der Waals surface area contributed by atoms with Crippen LogP contribution < -0.4 is 15.4 Å². The molecule has 0 spiro atoms. The zero-order valence-corrected chi connectivity index (χ0v) is 16.1. The van der Waals surface area contributed by atoms with E-state index >= 15 is 0 Å². The fourth-order valence-corrected chi connectivity index (χ4v) is 3.68. The minimum atomic E-state index is -0.120. The predicted molar refractivity (Wildman–Crippen MR) is 105 cm³/mol. The van der Waals surface area contributed by atoms with E-state index in [0.717, 1.165) is 23.3 Å². The maximum absolute atomic E-state index is 12.3. The highest BCUT2D eigenvalue weighted by Crippen LogP contribution is 2.28.